The topological polar surface area (TPSA) is 20.2 Å². The molecule has 1 aromatic carbocycles. The molecule has 0 atom stereocenters. The molecule has 0 amide bonds. The zero-order chi connectivity index (χ0) is 5.98. The fourth-order valence-electron chi connectivity index (χ4n) is 0.441. The van der Waals surface area contributed by atoms with Gasteiger partial charge < -0.3 is 0 Å². The van der Waals surface area contributed by atoms with Gasteiger partial charge in [0.25, 0.3) is 0 Å². The molecular formula is C6H5NiO. The summed E-state index contributed by atoms with van der Waals surface area (Å²) in [7, 11) is 0. The number of phenols is 1. The van der Waals surface area contributed by atoms with Crippen LogP contribution < -0.4 is 4.53 Å². The predicted molar refractivity (Wildman–Crippen MR) is 27.7 cm³/mol. The molecule has 1 nitrogen and oxygen atoms in total. The molecule has 2 heteroatoms. The first-order valence-electron chi connectivity index (χ1n) is 2.21. The molecule has 0 heterocycles. The maximum absolute atomic E-state index is 8.83. The van der Waals surface area contributed by atoms with Crippen LogP contribution in [0, 0.1) is 0 Å². The summed E-state index contributed by atoms with van der Waals surface area (Å²) in [4.78, 5) is 0. The molecular weight excluding hydrogens is 147 g/mol. The van der Waals surface area contributed by atoms with Crippen LogP contribution in [0.25, 0.3) is 0 Å². The summed E-state index contributed by atoms with van der Waals surface area (Å²) >= 11 is 4.42. The van der Waals surface area contributed by atoms with E-state index in [-0.39, 0.29) is 5.75 Å². The standard InChI is InChI=1S/C6H5O.Ni/c7-6-4-2-1-3-5-6;/h1-4,7H;. The third kappa shape index (κ3) is 1.02. The Labute approximate surface area is 55.7 Å². The number of benzene rings is 1. The van der Waals surface area contributed by atoms with Crippen LogP contribution in [0.3, 0.4) is 0 Å². The number of aromatic hydroxyl groups is 1. The third-order valence-corrected chi connectivity index (χ3v) is 1.24. The van der Waals surface area contributed by atoms with Gasteiger partial charge in [0, 0.05) is 0 Å². The van der Waals surface area contributed by atoms with E-state index in [9.17, 15) is 0 Å². The third-order valence-electron chi connectivity index (χ3n) is 0.826. The Balaban J connectivity index is 3.13. The van der Waals surface area contributed by atoms with E-state index in [1.165, 1.54) is 0 Å². The van der Waals surface area contributed by atoms with Gasteiger partial charge in [-0.25, -0.2) is 0 Å². The number of para-hydroxylation sites is 1. The van der Waals surface area contributed by atoms with E-state index < -0.39 is 0 Å². The van der Waals surface area contributed by atoms with Crippen molar-refractivity contribution in [2.45, 2.75) is 0 Å². The molecule has 1 N–H and O–H groups in total. The minimum atomic E-state index is 0.201. The van der Waals surface area contributed by atoms with Crippen molar-refractivity contribution in [3.8, 4) is 5.75 Å². The van der Waals surface area contributed by atoms with E-state index in [1.807, 2.05) is 0 Å². The Morgan fingerprint density at radius 2 is 1.88 bits per heavy atom. The summed E-state index contributed by atoms with van der Waals surface area (Å²) in [5.74, 6) is 0.201. The second-order valence-electron chi connectivity index (χ2n) is 1.42. The van der Waals surface area contributed by atoms with Gasteiger partial charge >= 0.3 is 55.1 Å². The molecule has 0 aliphatic rings. The van der Waals surface area contributed by atoms with Gasteiger partial charge in [-0.15, -0.1) is 0 Å². The Morgan fingerprint density at radius 3 is 2.25 bits per heavy atom. The summed E-state index contributed by atoms with van der Waals surface area (Å²) in [5, 5.41) is 8.83. The molecule has 0 fully saturated rings. The van der Waals surface area contributed by atoms with Crippen LogP contribution in [-0.2, 0) is 15.5 Å². The van der Waals surface area contributed by atoms with E-state index in [4.69, 9.17) is 5.11 Å². The Hall–Kier alpha value is -0.486. The van der Waals surface area contributed by atoms with E-state index >= 15 is 0 Å². The van der Waals surface area contributed by atoms with Crippen molar-refractivity contribution >= 4 is 4.53 Å². The van der Waals surface area contributed by atoms with Crippen LogP contribution in [0.4, 0.5) is 0 Å². The van der Waals surface area contributed by atoms with Crippen molar-refractivity contribution < 1.29 is 20.6 Å². The van der Waals surface area contributed by atoms with Gasteiger partial charge in [0.05, 0.1) is 0 Å². The Morgan fingerprint density at radius 1 is 1.25 bits per heavy atom. The second-order valence-corrected chi connectivity index (χ2v) is 1.95. The van der Waals surface area contributed by atoms with Crippen LogP contribution in [0.2, 0.25) is 0 Å². The Kier molecular flexibility index (Phi) is 1.54. The van der Waals surface area contributed by atoms with Gasteiger partial charge in [-0.1, -0.05) is 0 Å². The first-order chi connectivity index (χ1) is 3.80. The number of hydrogen-bond donors (Lipinski definition) is 1. The van der Waals surface area contributed by atoms with Gasteiger partial charge in [0.15, 0.2) is 0 Å². The monoisotopic (exact) mass is 151 g/mol. The van der Waals surface area contributed by atoms with Gasteiger partial charge in [0.1, 0.15) is 0 Å². The van der Waals surface area contributed by atoms with Crippen molar-refractivity contribution in [3.63, 3.8) is 0 Å². The van der Waals surface area contributed by atoms with E-state index in [2.05, 4.69) is 15.5 Å². The molecule has 0 spiro atoms. The van der Waals surface area contributed by atoms with Crippen LogP contribution in [0.5, 0.6) is 5.75 Å². The van der Waals surface area contributed by atoms with Gasteiger partial charge in [0.2, 0.25) is 0 Å². The first-order valence-corrected chi connectivity index (χ1v) is 2.70. The molecule has 8 heavy (non-hydrogen) atoms. The van der Waals surface area contributed by atoms with E-state index in [0.717, 1.165) is 0 Å². The Bertz CT molecular complexity index is 165. The van der Waals surface area contributed by atoms with Crippen molar-refractivity contribution in [3.05, 3.63) is 24.3 Å². The number of hydrogen-bond acceptors (Lipinski definition) is 1. The zero-order valence-corrected chi connectivity index (χ0v) is 5.06. The SMILES string of the molecule is Oc1cccc[c]1[Ni]. The van der Waals surface area contributed by atoms with Crippen molar-refractivity contribution in [2.75, 3.05) is 0 Å². The molecule has 0 saturated heterocycles. The molecule has 0 aromatic heterocycles. The average Bonchev–Trinajstić information content (AvgIpc) is 1.77. The number of phenolic OH excluding ortho intramolecular Hbond substituents is 1. The molecule has 0 unspecified atom stereocenters. The van der Waals surface area contributed by atoms with E-state index in [1.54, 1.807) is 24.3 Å². The van der Waals surface area contributed by atoms with Crippen LogP contribution in [0.1, 0.15) is 0 Å². The molecule has 0 aliphatic heterocycles. The van der Waals surface area contributed by atoms with Gasteiger partial charge in [-0.3, -0.25) is 0 Å². The summed E-state index contributed by atoms with van der Waals surface area (Å²) in [5.41, 5.74) is 0. The molecule has 0 aliphatic carbocycles. The predicted octanol–water partition coefficient (Wildman–Crippen LogP) is 0.564. The molecule has 0 radical (unpaired) electrons. The summed E-state index contributed by atoms with van der Waals surface area (Å²) in [6.07, 6.45) is 0. The van der Waals surface area contributed by atoms with Crippen molar-refractivity contribution in [2.24, 2.45) is 0 Å². The van der Waals surface area contributed by atoms with Crippen molar-refractivity contribution in [1.29, 1.82) is 0 Å². The van der Waals surface area contributed by atoms with Crippen LogP contribution in [0.15, 0.2) is 24.3 Å². The van der Waals surface area contributed by atoms with Crippen LogP contribution >= 0.6 is 0 Å². The maximum atomic E-state index is 8.83. The van der Waals surface area contributed by atoms with Crippen molar-refractivity contribution in [1.82, 2.24) is 0 Å². The second kappa shape index (κ2) is 2.19. The fraction of sp³-hybridized carbons (Fsp3) is 0. The van der Waals surface area contributed by atoms with Gasteiger partial charge in [-0.05, 0) is 0 Å². The molecule has 0 saturated carbocycles. The summed E-state index contributed by atoms with van der Waals surface area (Å²) in [6.45, 7) is 0. The fourth-order valence-corrected chi connectivity index (χ4v) is 0.618. The first kappa shape index (κ1) is 5.65. The number of rotatable bonds is 0. The zero-order valence-electron chi connectivity index (χ0n) is 4.07. The van der Waals surface area contributed by atoms with E-state index in [0.29, 0.717) is 4.53 Å². The molecule has 1 rings (SSSR count). The molecule has 45 valence electrons. The average molecular weight is 152 g/mol. The molecule has 1 aromatic rings. The quantitative estimate of drug-likeness (QED) is 0.538. The van der Waals surface area contributed by atoms with Crippen LogP contribution in [-0.4, -0.2) is 5.11 Å². The normalized spacial score (nSPS) is 9.25. The van der Waals surface area contributed by atoms with Gasteiger partial charge in [-0.2, -0.15) is 0 Å². The summed E-state index contributed by atoms with van der Waals surface area (Å²) < 4.78 is 0.549. The molecule has 0 bridgehead atoms. The minimum absolute atomic E-state index is 0.201. The summed E-state index contributed by atoms with van der Waals surface area (Å²) in [6, 6.07) is 6.84.